The van der Waals surface area contributed by atoms with Gasteiger partial charge in [-0.25, -0.2) is 4.98 Å². The van der Waals surface area contributed by atoms with Crippen LogP contribution in [0.4, 0.5) is 10.1 Å². The summed E-state index contributed by atoms with van der Waals surface area (Å²) in [6, 6.07) is 8.66. The Kier molecular flexibility index (Phi) is 3.05. The molecule has 0 aliphatic heterocycles. The number of hydrogen-bond donors (Lipinski definition) is 0. The molecule has 0 N–H and O–H groups in total. The van der Waals surface area contributed by atoms with Crippen LogP contribution < -0.4 is 0 Å². The van der Waals surface area contributed by atoms with E-state index in [9.17, 15) is 14.5 Å². The smallest absolute Gasteiger partial charge is 0.305 e. The van der Waals surface area contributed by atoms with Crippen LogP contribution in [0.15, 0.2) is 53.3 Å². The third kappa shape index (κ3) is 2.19. The fourth-order valence-corrected chi connectivity index (χ4v) is 2.33. The first-order valence-electron chi connectivity index (χ1n) is 6.83. The molecule has 0 spiro atoms. The Labute approximate surface area is 133 Å². The van der Waals surface area contributed by atoms with Crippen molar-refractivity contribution < 1.29 is 13.7 Å². The summed E-state index contributed by atoms with van der Waals surface area (Å²) < 4.78 is 20.2. The van der Waals surface area contributed by atoms with Crippen molar-refractivity contribution in [2.45, 2.75) is 0 Å². The van der Waals surface area contributed by atoms with E-state index >= 15 is 0 Å². The maximum absolute atomic E-state index is 13.5. The fourth-order valence-electron chi connectivity index (χ4n) is 2.33. The topological polar surface area (TPSA) is 99.4 Å². The molecule has 0 saturated carbocycles. The Hall–Kier alpha value is -3.62. The van der Waals surface area contributed by atoms with Crippen LogP contribution >= 0.6 is 0 Å². The van der Waals surface area contributed by atoms with Crippen LogP contribution in [-0.2, 0) is 0 Å². The SMILES string of the molecule is O=[N+]([O-])c1cc(-c2ccnc3nc(-c4ccco4)nn23)ccc1F. The molecular weight excluding hydrogens is 317 g/mol. The van der Waals surface area contributed by atoms with E-state index < -0.39 is 16.4 Å². The van der Waals surface area contributed by atoms with Gasteiger partial charge in [-0.05, 0) is 30.3 Å². The Morgan fingerprint density at radius 2 is 2.12 bits per heavy atom. The first-order chi connectivity index (χ1) is 11.6. The van der Waals surface area contributed by atoms with Gasteiger partial charge in [0.05, 0.1) is 16.9 Å². The Balaban J connectivity index is 1.91. The molecule has 4 aromatic rings. The van der Waals surface area contributed by atoms with E-state index in [4.69, 9.17) is 4.42 Å². The van der Waals surface area contributed by atoms with E-state index in [-0.39, 0.29) is 0 Å². The minimum Gasteiger partial charge on any atom is -0.461 e. The maximum Gasteiger partial charge on any atom is 0.305 e. The summed E-state index contributed by atoms with van der Waals surface area (Å²) in [6.45, 7) is 0. The van der Waals surface area contributed by atoms with E-state index in [1.54, 1.807) is 18.2 Å². The van der Waals surface area contributed by atoms with Crippen molar-refractivity contribution in [3.8, 4) is 22.8 Å². The van der Waals surface area contributed by atoms with E-state index in [2.05, 4.69) is 15.1 Å². The zero-order valence-electron chi connectivity index (χ0n) is 12.0. The second kappa shape index (κ2) is 5.23. The average molecular weight is 325 g/mol. The minimum atomic E-state index is -0.899. The summed E-state index contributed by atoms with van der Waals surface area (Å²) in [7, 11) is 0. The first kappa shape index (κ1) is 14.0. The zero-order chi connectivity index (χ0) is 16.7. The lowest BCUT2D eigenvalue weighted by atomic mass is 10.1. The van der Waals surface area contributed by atoms with E-state index in [0.717, 1.165) is 12.1 Å². The van der Waals surface area contributed by atoms with Gasteiger partial charge >= 0.3 is 5.69 Å². The number of rotatable bonds is 3. The maximum atomic E-state index is 13.5. The molecule has 0 radical (unpaired) electrons. The first-order valence-corrected chi connectivity index (χ1v) is 6.83. The molecule has 1 aromatic carbocycles. The van der Waals surface area contributed by atoms with Gasteiger partial charge < -0.3 is 4.42 Å². The summed E-state index contributed by atoms with van der Waals surface area (Å²) in [5.41, 5.74) is 0.309. The number of furan rings is 1. The van der Waals surface area contributed by atoms with Gasteiger partial charge in [-0.3, -0.25) is 10.1 Å². The van der Waals surface area contributed by atoms with Gasteiger partial charge in [-0.15, -0.1) is 5.10 Å². The molecule has 0 fully saturated rings. The van der Waals surface area contributed by atoms with Gasteiger partial charge in [-0.2, -0.15) is 13.9 Å². The lowest BCUT2D eigenvalue weighted by Gasteiger charge is -2.04. The molecule has 0 aliphatic rings. The number of nitrogens with zero attached hydrogens (tertiary/aromatic N) is 5. The second-order valence-corrected chi connectivity index (χ2v) is 4.88. The van der Waals surface area contributed by atoms with Crippen LogP contribution in [0.25, 0.3) is 28.6 Å². The van der Waals surface area contributed by atoms with Crippen LogP contribution in [0.5, 0.6) is 0 Å². The lowest BCUT2D eigenvalue weighted by molar-refractivity contribution is -0.387. The molecule has 118 valence electrons. The standard InChI is InChI=1S/C15H8FN5O3/c16-10-4-3-9(8-12(10)21(22)23)11-5-6-17-15-18-14(19-20(11)15)13-2-1-7-24-13/h1-8H. The molecule has 3 aromatic heterocycles. The van der Waals surface area contributed by atoms with Crippen molar-refractivity contribution in [1.82, 2.24) is 19.6 Å². The molecule has 0 saturated heterocycles. The van der Waals surface area contributed by atoms with Crippen molar-refractivity contribution in [3.63, 3.8) is 0 Å². The molecule has 4 rings (SSSR count). The normalized spacial score (nSPS) is 11.0. The molecule has 0 amide bonds. The molecule has 9 heteroatoms. The monoisotopic (exact) mass is 325 g/mol. The zero-order valence-corrected chi connectivity index (χ0v) is 12.0. The number of halogens is 1. The minimum absolute atomic E-state index is 0.297. The molecule has 0 bridgehead atoms. The molecule has 0 aliphatic carbocycles. The number of aromatic nitrogens is 4. The molecule has 8 nitrogen and oxygen atoms in total. The Bertz CT molecular complexity index is 1060. The number of hydrogen-bond acceptors (Lipinski definition) is 6. The highest BCUT2D eigenvalue weighted by Gasteiger charge is 2.18. The van der Waals surface area contributed by atoms with Crippen molar-refractivity contribution in [2.75, 3.05) is 0 Å². The van der Waals surface area contributed by atoms with Crippen molar-refractivity contribution in [3.05, 3.63) is 64.8 Å². The van der Waals surface area contributed by atoms with E-state index in [1.807, 2.05) is 0 Å². The Morgan fingerprint density at radius 3 is 2.88 bits per heavy atom. The van der Waals surface area contributed by atoms with Crippen LogP contribution in [0.3, 0.4) is 0 Å². The highest BCUT2D eigenvalue weighted by atomic mass is 19.1. The van der Waals surface area contributed by atoms with Gasteiger partial charge in [0.1, 0.15) is 0 Å². The van der Waals surface area contributed by atoms with Crippen molar-refractivity contribution >= 4 is 11.5 Å². The lowest BCUT2D eigenvalue weighted by Crippen LogP contribution is -1.98. The number of nitro groups is 1. The largest absolute Gasteiger partial charge is 0.461 e. The highest BCUT2D eigenvalue weighted by molar-refractivity contribution is 5.65. The third-order valence-corrected chi connectivity index (χ3v) is 3.42. The van der Waals surface area contributed by atoms with Crippen LogP contribution in [-0.4, -0.2) is 24.5 Å². The molecule has 3 heterocycles. The molecule has 24 heavy (non-hydrogen) atoms. The predicted molar refractivity (Wildman–Crippen MR) is 80.5 cm³/mol. The number of nitro benzene ring substituents is 1. The second-order valence-electron chi connectivity index (χ2n) is 4.88. The van der Waals surface area contributed by atoms with E-state index in [1.165, 1.54) is 23.0 Å². The molecule has 0 atom stereocenters. The van der Waals surface area contributed by atoms with Gasteiger partial charge in [0.2, 0.25) is 11.6 Å². The summed E-state index contributed by atoms with van der Waals surface area (Å²) in [5, 5.41) is 15.2. The van der Waals surface area contributed by atoms with Gasteiger partial charge in [0, 0.05) is 17.8 Å². The summed E-state index contributed by atoms with van der Waals surface area (Å²) >= 11 is 0. The number of benzene rings is 1. The fraction of sp³-hybridized carbons (Fsp3) is 0. The highest BCUT2D eigenvalue weighted by Crippen LogP contribution is 2.27. The van der Waals surface area contributed by atoms with Crippen molar-refractivity contribution in [2.24, 2.45) is 0 Å². The van der Waals surface area contributed by atoms with Crippen molar-refractivity contribution in [1.29, 1.82) is 0 Å². The van der Waals surface area contributed by atoms with Crippen LogP contribution in [0.2, 0.25) is 0 Å². The molecule has 0 unspecified atom stereocenters. The Morgan fingerprint density at radius 1 is 1.25 bits per heavy atom. The average Bonchev–Trinajstić information content (AvgIpc) is 3.23. The van der Waals surface area contributed by atoms with Crippen LogP contribution in [0, 0.1) is 15.9 Å². The van der Waals surface area contributed by atoms with Crippen LogP contribution in [0.1, 0.15) is 0 Å². The van der Waals surface area contributed by atoms with E-state index in [0.29, 0.717) is 28.6 Å². The predicted octanol–water partition coefficient (Wildman–Crippen LogP) is 3.10. The summed E-state index contributed by atoms with van der Waals surface area (Å²) in [4.78, 5) is 18.5. The summed E-state index contributed by atoms with van der Waals surface area (Å²) in [6.07, 6.45) is 3.00. The van der Waals surface area contributed by atoms with Gasteiger partial charge in [0.15, 0.2) is 5.76 Å². The van der Waals surface area contributed by atoms with Gasteiger partial charge in [-0.1, -0.05) is 0 Å². The quantitative estimate of drug-likeness (QED) is 0.424. The third-order valence-electron chi connectivity index (χ3n) is 3.42. The number of fused-ring (bicyclic) bond motifs is 1. The summed E-state index contributed by atoms with van der Waals surface area (Å²) in [5.74, 6) is 0.197. The van der Waals surface area contributed by atoms with Gasteiger partial charge in [0.25, 0.3) is 5.78 Å². The molecular formula is C15H8FN5O3.